The van der Waals surface area contributed by atoms with Crippen LogP contribution in [0.2, 0.25) is 0 Å². The average Bonchev–Trinajstić information content (AvgIpc) is 3.39. The van der Waals surface area contributed by atoms with Crippen molar-refractivity contribution in [3.8, 4) is 28.3 Å². The van der Waals surface area contributed by atoms with Crippen LogP contribution in [0, 0.1) is 5.82 Å². The summed E-state index contributed by atoms with van der Waals surface area (Å²) in [7, 11) is 2.08. The van der Waals surface area contributed by atoms with E-state index in [0.717, 1.165) is 31.7 Å². The van der Waals surface area contributed by atoms with Crippen LogP contribution in [0.3, 0.4) is 0 Å². The third-order valence-electron chi connectivity index (χ3n) is 6.50. The number of hydrazine groups is 1. The molecule has 1 N–H and O–H groups in total. The van der Waals surface area contributed by atoms with Crippen molar-refractivity contribution < 1.29 is 18.3 Å². The van der Waals surface area contributed by atoms with E-state index < -0.39 is 0 Å². The van der Waals surface area contributed by atoms with Gasteiger partial charge in [0.25, 0.3) is 0 Å². The Morgan fingerprint density at radius 2 is 1.86 bits per heavy atom. The lowest BCUT2D eigenvalue weighted by atomic mass is 9.89. The summed E-state index contributed by atoms with van der Waals surface area (Å²) in [6, 6.07) is 6.11. The van der Waals surface area contributed by atoms with Crippen molar-refractivity contribution in [1.82, 2.24) is 14.9 Å². The maximum absolute atomic E-state index is 13.9. The molecule has 8 nitrogen and oxygen atoms in total. The largest absolute Gasteiger partial charge is 0.504 e. The van der Waals surface area contributed by atoms with E-state index in [1.165, 1.54) is 37.1 Å². The van der Waals surface area contributed by atoms with Crippen molar-refractivity contribution in [3.05, 3.63) is 76.4 Å². The van der Waals surface area contributed by atoms with E-state index in [1.54, 1.807) is 12.1 Å². The van der Waals surface area contributed by atoms with Crippen LogP contribution in [0.4, 0.5) is 10.1 Å². The van der Waals surface area contributed by atoms with Gasteiger partial charge in [-0.3, -0.25) is 4.79 Å². The highest BCUT2D eigenvalue weighted by molar-refractivity contribution is 5.95. The zero-order chi connectivity index (χ0) is 24.5. The van der Waals surface area contributed by atoms with Gasteiger partial charge in [0.1, 0.15) is 24.6 Å². The van der Waals surface area contributed by atoms with Crippen molar-refractivity contribution in [2.45, 2.75) is 13.3 Å². The highest BCUT2D eigenvalue weighted by atomic mass is 19.1. The average molecular weight is 479 g/mol. The zero-order valence-electron chi connectivity index (χ0n) is 19.7. The number of rotatable bonds is 6. The molecule has 0 atom stereocenters. The Bertz CT molecular complexity index is 1330. The summed E-state index contributed by atoms with van der Waals surface area (Å²) >= 11 is 0. The van der Waals surface area contributed by atoms with Crippen LogP contribution in [0.5, 0.6) is 5.75 Å². The summed E-state index contributed by atoms with van der Waals surface area (Å²) in [5.74, 6) is -0.220. The molecule has 3 aliphatic rings. The van der Waals surface area contributed by atoms with Gasteiger partial charge in [-0.2, -0.15) is 0 Å². The standard InChI is InChI=1S/C26H27FN4O4/c1-3-31(30-11-9-29(2)10-12-30)24-19(14-17-4-6-18(27)7-5-17)25(33)20-15-34-16-21(32)22(20)23(24)26-28-8-13-35-26/h4-8,13,15-16,32H,3,9-12,14H2,1-2H3. The fraction of sp³-hybridized carbons (Fsp3) is 0.308. The number of hydrogen-bond acceptors (Lipinski definition) is 8. The predicted octanol–water partition coefficient (Wildman–Crippen LogP) is 3.82. The number of hydrogen-bond donors (Lipinski definition) is 1. The molecular formula is C26H27FN4O4. The highest BCUT2D eigenvalue weighted by Gasteiger charge is 2.33. The van der Waals surface area contributed by atoms with E-state index in [2.05, 4.69) is 26.9 Å². The molecule has 1 aliphatic carbocycles. The Hall–Kier alpha value is -3.69. The van der Waals surface area contributed by atoms with Gasteiger partial charge in [0, 0.05) is 50.3 Å². The molecule has 0 amide bonds. The number of anilines is 1. The van der Waals surface area contributed by atoms with E-state index in [9.17, 15) is 14.3 Å². The molecule has 0 saturated carbocycles. The number of benzene rings is 2. The normalized spacial score (nSPS) is 15.1. The van der Waals surface area contributed by atoms with Gasteiger partial charge in [0.15, 0.2) is 11.2 Å². The summed E-state index contributed by atoms with van der Waals surface area (Å²) in [6.45, 7) is 5.90. The molecule has 0 spiro atoms. The Labute approximate surface area is 202 Å². The minimum Gasteiger partial charge on any atom is -0.504 e. The quantitative estimate of drug-likeness (QED) is 0.448. The summed E-state index contributed by atoms with van der Waals surface area (Å²) in [4.78, 5) is 20.5. The Morgan fingerprint density at radius 3 is 2.51 bits per heavy atom. The molecule has 9 heteroatoms. The summed E-state index contributed by atoms with van der Waals surface area (Å²) in [5, 5.41) is 15.1. The van der Waals surface area contributed by atoms with Crippen LogP contribution < -0.4 is 10.4 Å². The van der Waals surface area contributed by atoms with Gasteiger partial charge in [-0.05, 0) is 31.7 Å². The van der Waals surface area contributed by atoms with E-state index in [1.807, 2.05) is 6.92 Å². The number of oxazole rings is 1. The van der Waals surface area contributed by atoms with Crippen LogP contribution in [0.15, 0.2) is 62.9 Å². The second-order valence-electron chi connectivity index (χ2n) is 8.69. The van der Waals surface area contributed by atoms with Crippen LogP contribution in [0.1, 0.15) is 18.1 Å². The lowest BCUT2D eigenvalue weighted by Crippen LogP contribution is -2.53. The number of aromatic hydroxyl groups is 1. The number of fused-ring (bicyclic) bond motifs is 1. The van der Waals surface area contributed by atoms with Gasteiger partial charge in [0.05, 0.1) is 23.0 Å². The first kappa shape index (κ1) is 23.1. The van der Waals surface area contributed by atoms with Crippen LogP contribution in [-0.2, 0) is 6.42 Å². The van der Waals surface area contributed by atoms with Crippen LogP contribution in [0.25, 0.3) is 22.6 Å². The van der Waals surface area contributed by atoms with Gasteiger partial charge < -0.3 is 23.8 Å². The molecule has 1 fully saturated rings. The highest BCUT2D eigenvalue weighted by Crippen LogP contribution is 2.45. The van der Waals surface area contributed by atoms with E-state index in [0.29, 0.717) is 34.8 Å². The third kappa shape index (κ3) is 4.28. The minimum atomic E-state index is -0.341. The lowest BCUT2D eigenvalue weighted by Gasteiger charge is -2.42. The maximum atomic E-state index is 13.9. The van der Waals surface area contributed by atoms with E-state index in [4.69, 9.17) is 8.83 Å². The van der Waals surface area contributed by atoms with E-state index >= 15 is 0 Å². The number of aromatic nitrogens is 1. The first-order valence-corrected chi connectivity index (χ1v) is 11.6. The summed E-state index contributed by atoms with van der Waals surface area (Å²) in [5.41, 5.74) is 2.73. The fourth-order valence-corrected chi connectivity index (χ4v) is 4.74. The topological polar surface area (TPSA) is 86.2 Å². The Kier molecular flexibility index (Phi) is 6.27. The van der Waals surface area contributed by atoms with E-state index in [-0.39, 0.29) is 29.0 Å². The maximum Gasteiger partial charge on any atom is 0.228 e. The molecule has 2 aliphatic heterocycles. The first-order chi connectivity index (χ1) is 17.0. The molecule has 182 valence electrons. The number of nitrogens with zero attached hydrogens (tertiary/aromatic N) is 4. The summed E-state index contributed by atoms with van der Waals surface area (Å²) in [6.07, 6.45) is 5.80. The van der Waals surface area contributed by atoms with Crippen LogP contribution in [-0.4, -0.2) is 59.8 Å². The van der Waals surface area contributed by atoms with Gasteiger partial charge in [0.2, 0.25) is 5.89 Å². The van der Waals surface area contributed by atoms with Crippen molar-refractivity contribution in [2.24, 2.45) is 0 Å². The lowest BCUT2D eigenvalue weighted by molar-refractivity contribution is 0.142. The van der Waals surface area contributed by atoms with Crippen molar-refractivity contribution in [3.63, 3.8) is 0 Å². The molecule has 0 radical (unpaired) electrons. The molecule has 1 aromatic carbocycles. The molecule has 0 unspecified atom stereocenters. The molecule has 5 rings (SSSR count). The van der Waals surface area contributed by atoms with Crippen molar-refractivity contribution in [1.29, 1.82) is 0 Å². The molecule has 3 heterocycles. The Balaban J connectivity index is 1.81. The van der Waals surface area contributed by atoms with Gasteiger partial charge in [-0.1, -0.05) is 12.1 Å². The van der Waals surface area contributed by atoms with Gasteiger partial charge in [-0.15, -0.1) is 0 Å². The first-order valence-electron chi connectivity index (χ1n) is 11.6. The zero-order valence-corrected chi connectivity index (χ0v) is 19.7. The second-order valence-corrected chi connectivity index (χ2v) is 8.69. The number of piperazine rings is 1. The SMILES string of the molecule is CCN(c1c(-c2ncco2)c2c(O)cocc-2c(=O)c1Cc1ccc(F)cc1)N1CCN(C)CC1. The number of likely N-dealkylation sites (N-methyl/N-ethyl adjacent to an activating group) is 1. The summed E-state index contributed by atoms with van der Waals surface area (Å²) < 4.78 is 24.6. The second kappa shape index (κ2) is 9.52. The molecule has 35 heavy (non-hydrogen) atoms. The minimum absolute atomic E-state index is 0.170. The van der Waals surface area contributed by atoms with Crippen molar-refractivity contribution in [2.75, 3.05) is 44.8 Å². The fourth-order valence-electron chi connectivity index (χ4n) is 4.74. The van der Waals surface area contributed by atoms with Crippen LogP contribution >= 0.6 is 0 Å². The Morgan fingerprint density at radius 1 is 1.11 bits per heavy atom. The van der Waals surface area contributed by atoms with Crippen molar-refractivity contribution >= 4 is 5.69 Å². The molecule has 1 aromatic heterocycles. The molecule has 0 bridgehead atoms. The smallest absolute Gasteiger partial charge is 0.228 e. The monoisotopic (exact) mass is 478 g/mol. The molecular weight excluding hydrogens is 451 g/mol. The molecule has 2 aromatic rings. The third-order valence-corrected chi connectivity index (χ3v) is 6.50. The number of halogens is 1. The predicted molar refractivity (Wildman–Crippen MR) is 130 cm³/mol. The molecule has 1 saturated heterocycles. The van der Waals surface area contributed by atoms with Gasteiger partial charge in [-0.25, -0.2) is 14.4 Å². The van der Waals surface area contributed by atoms with Gasteiger partial charge >= 0.3 is 0 Å².